The zero-order valence-corrected chi connectivity index (χ0v) is 16.8. The van der Waals surface area contributed by atoms with Crippen molar-refractivity contribution in [2.75, 3.05) is 46.1 Å². The number of ether oxygens (including phenoxy) is 3. The lowest BCUT2D eigenvalue weighted by atomic mass is 10.2. The van der Waals surface area contributed by atoms with Crippen LogP contribution in [-0.2, 0) is 9.47 Å². The summed E-state index contributed by atoms with van der Waals surface area (Å²) in [5.74, 6) is 1.82. The topological polar surface area (TPSA) is 64.1 Å². The summed E-state index contributed by atoms with van der Waals surface area (Å²) in [6.45, 7) is 9.71. The first kappa shape index (κ1) is 21.5. The van der Waals surface area contributed by atoms with Crippen LogP contribution in [0.5, 0.6) is 5.75 Å². The molecule has 0 bridgehead atoms. The Kier molecular flexibility index (Phi) is 10.7. The summed E-state index contributed by atoms with van der Waals surface area (Å²) >= 11 is 0. The van der Waals surface area contributed by atoms with Crippen LogP contribution in [0.3, 0.4) is 0 Å². The SMILES string of the molecule is CCNC(=NCCCOC1CCOC1)NCCCCOc1ccc(C)cc1. The predicted octanol–water partition coefficient (Wildman–Crippen LogP) is 2.90. The van der Waals surface area contributed by atoms with E-state index in [1.165, 1.54) is 5.56 Å². The quantitative estimate of drug-likeness (QED) is 0.333. The van der Waals surface area contributed by atoms with E-state index < -0.39 is 0 Å². The van der Waals surface area contributed by atoms with Crippen molar-refractivity contribution < 1.29 is 14.2 Å². The summed E-state index contributed by atoms with van der Waals surface area (Å²) in [5.41, 5.74) is 1.25. The van der Waals surface area contributed by atoms with Crippen LogP contribution in [0.15, 0.2) is 29.3 Å². The van der Waals surface area contributed by atoms with Crippen LogP contribution in [0.2, 0.25) is 0 Å². The van der Waals surface area contributed by atoms with Crippen molar-refractivity contribution in [1.29, 1.82) is 0 Å². The molecule has 1 aliphatic heterocycles. The first-order valence-electron chi connectivity index (χ1n) is 10.2. The van der Waals surface area contributed by atoms with E-state index in [1.807, 2.05) is 12.1 Å². The number of unbranched alkanes of at least 4 members (excludes halogenated alkanes) is 1. The Hall–Kier alpha value is -1.79. The van der Waals surface area contributed by atoms with Crippen LogP contribution in [0.25, 0.3) is 0 Å². The molecule has 1 atom stereocenters. The summed E-state index contributed by atoms with van der Waals surface area (Å²) in [7, 11) is 0. The van der Waals surface area contributed by atoms with Crippen LogP contribution in [0.4, 0.5) is 0 Å². The molecule has 1 aliphatic rings. The number of aryl methyl sites for hydroxylation is 1. The number of hydrogen-bond acceptors (Lipinski definition) is 4. The second kappa shape index (κ2) is 13.4. The highest BCUT2D eigenvalue weighted by atomic mass is 16.5. The van der Waals surface area contributed by atoms with Gasteiger partial charge in [0, 0.05) is 32.8 Å². The van der Waals surface area contributed by atoms with Gasteiger partial charge in [-0.15, -0.1) is 0 Å². The third-order valence-electron chi connectivity index (χ3n) is 4.31. The van der Waals surface area contributed by atoms with E-state index in [9.17, 15) is 0 Å². The van der Waals surface area contributed by atoms with Gasteiger partial charge in [0.05, 0.1) is 19.3 Å². The highest BCUT2D eigenvalue weighted by Gasteiger charge is 2.15. The highest BCUT2D eigenvalue weighted by molar-refractivity contribution is 5.79. The Morgan fingerprint density at radius 2 is 2.00 bits per heavy atom. The Bertz CT molecular complexity index is 528. The lowest BCUT2D eigenvalue weighted by molar-refractivity contribution is 0.0424. The molecule has 2 rings (SSSR count). The third kappa shape index (κ3) is 9.63. The molecule has 2 N–H and O–H groups in total. The Labute approximate surface area is 163 Å². The van der Waals surface area contributed by atoms with Gasteiger partial charge in [-0.05, 0) is 51.7 Å². The molecule has 0 aromatic heterocycles. The van der Waals surface area contributed by atoms with Gasteiger partial charge in [-0.2, -0.15) is 0 Å². The summed E-state index contributed by atoms with van der Waals surface area (Å²) in [4.78, 5) is 4.60. The van der Waals surface area contributed by atoms with Gasteiger partial charge in [-0.3, -0.25) is 4.99 Å². The first-order valence-corrected chi connectivity index (χ1v) is 10.2. The largest absolute Gasteiger partial charge is 0.494 e. The van der Waals surface area contributed by atoms with E-state index in [-0.39, 0.29) is 6.10 Å². The van der Waals surface area contributed by atoms with E-state index in [0.29, 0.717) is 0 Å². The van der Waals surface area contributed by atoms with Crippen molar-refractivity contribution in [3.05, 3.63) is 29.8 Å². The molecule has 27 heavy (non-hydrogen) atoms. The maximum atomic E-state index is 5.76. The second-order valence-corrected chi connectivity index (χ2v) is 6.77. The fraction of sp³-hybridized carbons (Fsp3) is 0.667. The summed E-state index contributed by atoms with van der Waals surface area (Å²) in [6, 6.07) is 8.19. The normalized spacial score (nSPS) is 17.1. The molecule has 1 heterocycles. The van der Waals surface area contributed by atoms with Gasteiger partial charge in [0.2, 0.25) is 0 Å². The molecule has 0 saturated carbocycles. The molecule has 1 unspecified atom stereocenters. The zero-order valence-electron chi connectivity index (χ0n) is 16.8. The fourth-order valence-corrected chi connectivity index (χ4v) is 2.75. The van der Waals surface area contributed by atoms with Crippen molar-refractivity contribution in [1.82, 2.24) is 10.6 Å². The Morgan fingerprint density at radius 1 is 1.15 bits per heavy atom. The summed E-state index contributed by atoms with van der Waals surface area (Å²) < 4.78 is 16.8. The monoisotopic (exact) mass is 377 g/mol. The molecule has 1 fully saturated rings. The maximum absolute atomic E-state index is 5.76. The van der Waals surface area contributed by atoms with Gasteiger partial charge < -0.3 is 24.8 Å². The lowest BCUT2D eigenvalue weighted by Gasteiger charge is -2.12. The summed E-state index contributed by atoms with van der Waals surface area (Å²) in [6.07, 6.45) is 4.28. The second-order valence-electron chi connectivity index (χ2n) is 6.77. The van der Waals surface area contributed by atoms with Crippen molar-refractivity contribution in [2.24, 2.45) is 4.99 Å². The number of guanidine groups is 1. The van der Waals surface area contributed by atoms with E-state index in [2.05, 4.69) is 41.6 Å². The molecular weight excluding hydrogens is 342 g/mol. The number of nitrogens with zero attached hydrogens (tertiary/aromatic N) is 1. The van der Waals surface area contributed by atoms with Gasteiger partial charge in [-0.1, -0.05) is 17.7 Å². The average molecular weight is 378 g/mol. The number of benzene rings is 1. The highest BCUT2D eigenvalue weighted by Crippen LogP contribution is 2.11. The van der Waals surface area contributed by atoms with Gasteiger partial charge in [0.25, 0.3) is 0 Å². The van der Waals surface area contributed by atoms with Crippen LogP contribution < -0.4 is 15.4 Å². The lowest BCUT2D eigenvalue weighted by Crippen LogP contribution is -2.38. The van der Waals surface area contributed by atoms with Gasteiger partial charge in [-0.25, -0.2) is 0 Å². The number of rotatable bonds is 12. The van der Waals surface area contributed by atoms with Crippen LogP contribution >= 0.6 is 0 Å². The molecule has 0 spiro atoms. The van der Waals surface area contributed by atoms with E-state index in [0.717, 1.165) is 83.5 Å². The number of aliphatic imine (C=N–C) groups is 1. The zero-order chi connectivity index (χ0) is 19.2. The molecule has 1 aromatic carbocycles. The fourth-order valence-electron chi connectivity index (χ4n) is 2.75. The third-order valence-corrected chi connectivity index (χ3v) is 4.31. The minimum atomic E-state index is 0.280. The predicted molar refractivity (Wildman–Crippen MR) is 110 cm³/mol. The molecule has 6 nitrogen and oxygen atoms in total. The van der Waals surface area contributed by atoms with Crippen molar-refractivity contribution in [3.8, 4) is 5.75 Å². The molecule has 0 amide bonds. The molecule has 152 valence electrons. The van der Waals surface area contributed by atoms with Crippen molar-refractivity contribution in [2.45, 2.75) is 45.6 Å². The molecule has 1 saturated heterocycles. The minimum Gasteiger partial charge on any atom is -0.494 e. The minimum absolute atomic E-state index is 0.280. The van der Waals surface area contributed by atoms with Crippen molar-refractivity contribution >= 4 is 5.96 Å². The molecule has 0 aliphatic carbocycles. The van der Waals surface area contributed by atoms with Crippen LogP contribution in [0.1, 0.15) is 38.2 Å². The Balaban J connectivity index is 1.51. The van der Waals surface area contributed by atoms with E-state index in [4.69, 9.17) is 14.2 Å². The van der Waals surface area contributed by atoms with E-state index in [1.54, 1.807) is 0 Å². The van der Waals surface area contributed by atoms with Gasteiger partial charge in [0.15, 0.2) is 5.96 Å². The van der Waals surface area contributed by atoms with Gasteiger partial charge in [0.1, 0.15) is 5.75 Å². The molecule has 1 aromatic rings. The first-order chi connectivity index (χ1) is 13.3. The number of nitrogens with one attached hydrogen (secondary N) is 2. The average Bonchev–Trinajstić information content (AvgIpc) is 3.19. The number of hydrogen-bond donors (Lipinski definition) is 2. The van der Waals surface area contributed by atoms with Crippen LogP contribution in [-0.4, -0.2) is 58.1 Å². The van der Waals surface area contributed by atoms with Crippen LogP contribution in [0, 0.1) is 6.92 Å². The Morgan fingerprint density at radius 3 is 2.74 bits per heavy atom. The van der Waals surface area contributed by atoms with Gasteiger partial charge >= 0.3 is 0 Å². The molecule has 0 radical (unpaired) electrons. The molecular formula is C21H35N3O3. The standard InChI is InChI=1S/C21H35N3O3/c1-3-22-21(24-13-6-15-27-20-11-16-25-17-20)23-12-4-5-14-26-19-9-7-18(2)8-10-19/h7-10,20H,3-6,11-17H2,1-2H3,(H2,22,23,24). The summed E-state index contributed by atoms with van der Waals surface area (Å²) in [5, 5.41) is 6.66. The van der Waals surface area contributed by atoms with E-state index >= 15 is 0 Å². The molecule has 6 heteroatoms. The smallest absolute Gasteiger partial charge is 0.191 e. The maximum Gasteiger partial charge on any atom is 0.191 e. The van der Waals surface area contributed by atoms with Crippen molar-refractivity contribution in [3.63, 3.8) is 0 Å².